The first-order valence-electron chi connectivity index (χ1n) is 10.7. The van der Waals surface area contributed by atoms with Crippen LogP contribution in [0.4, 0.5) is 4.39 Å². The van der Waals surface area contributed by atoms with Crippen LogP contribution in [0.3, 0.4) is 0 Å². The Morgan fingerprint density at radius 1 is 1.12 bits per heavy atom. The van der Waals surface area contributed by atoms with Crippen molar-refractivity contribution >= 4 is 17.4 Å². The van der Waals surface area contributed by atoms with Crippen LogP contribution in [0.5, 0.6) is 5.75 Å². The van der Waals surface area contributed by atoms with Crippen LogP contribution in [-0.2, 0) is 14.3 Å². The Balaban J connectivity index is 2.02. The molecule has 1 atom stereocenters. The summed E-state index contributed by atoms with van der Waals surface area (Å²) >= 11 is 0. The molecule has 3 rings (SSSR count). The van der Waals surface area contributed by atoms with Gasteiger partial charge in [-0.1, -0.05) is 18.2 Å². The number of likely N-dealkylation sites (tertiary alicyclic amines) is 1. The highest BCUT2D eigenvalue weighted by Crippen LogP contribution is 2.40. The lowest BCUT2D eigenvalue weighted by Crippen LogP contribution is -2.31. The Morgan fingerprint density at radius 2 is 1.81 bits per heavy atom. The van der Waals surface area contributed by atoms with Crippen molar-refractivity contribution in [3.63, 3.8) is 0 Å². The largest absolute Gasteiger partial charge is 0.507 e. The second-order valence-corrected chi connectivity index (χ2v) is 7.74. The van der Waals surface area contributed by atoms with Gasteiger partial charge in [-0.2, -0.15) is 0 Å². The number of Topliss-reactive ketones (excluding diaryl/α,β-unsaturated/α-hetero) is 1. The number of hydrogen-bond donors (Lipinski definition) is 1. The van der Waals surface area contributed by atoms with E-state index in [1.165, 1.54) is 23.1 Å². The van der Waals surface area contributed by atoms with E-state index < -0.39 is 23.5 Å². The molecule has 0 saturated carbocycles. The predicted molar refractivity (Wildman–Crippen MR) is 119 cm³/mol. The van der Waals surface area contributed by atoms with Gasteiger partial charge in [0, 0.05) is 24.3 Å². The number of halogens is 1. The van der Waals surface area contributed by atoms with Gasteiger partial charge < -0.3 is 19.5 Å². The number of carbonyl (C=O) groups excluding carboxylic acids is 2. The number of hydrogen-bond acceptors (Lipinski definition) is 5. The molecule has 1 aliphatic heterocycles. The number of benzene rings is 2. The molecule has 1 fully saturated rings. The minimum absolute atomic E-state index is 0.0347. The molecule has 2 aromatic rings. The Hall–Kier alpha value is -3.19. The van der Waals surface area contributed by atoms with E-state index in [2.05, 4.69) is 0 Å². The summed E-state index contributed by atoms with van der Waals surface area (Å²) in [4.78, 5) is 27.1. The summed E-state index contributed by atoms with van der Waals surface area (Å²) in [5.41, 5.74) is 0.369. The summed E-state index contributed by atoms with van der Waals surface area (Å²) in [5, 5.41) is 11.0. The Morgan fingerprint density at radius 3 is 2.44 bits per heavy atom. The van der Waals surface area contributed by atoms with Gasteiger partial charge in [0.25, 0.3) is 11.7 Å². The van der Waals surface area contributed by atoms with Crippen molar-refractivity contribution in [2.75, 3.05) is 19.8 Å². The molecule has 0 radical (unpaired) electrons. The number of carbonyl (C=O) groups is 2. The maximum absolute atomic E-state index is 14.7. The summed E-state index contributed by atoms with van der Waals surface area (Å²) in [7, 11) is 0. The minimum Gasteiger partial charge on any atom is -0.507 e. The molecule has 2 aromatic carbocycles. The van der Waals surface area contributed by atoms with Gasteiger partial charge in [0.2, 0.25) is 0 Å². The summed E-state index contributed by atoms with van der Waals surface area (Å²) in [6, 6.07) is 11.5. The van der Waals surface area contributed by atoms with Crippen LogP contribution < -0.4 is 4.74 Å². The average molecular weight is 441 g/mol. The van der Waals surface area contributed by atoms with Crippen molar-refractivity contribution in [3.8, 4) is 5.75 Å². The summed E-state index contributed by atoms with van der Waals surface area (Å²) in [6.07, 6.45) is 0.506. The molecular formula is C25H28FNO5. The lowest BCUT2D eigenvalue weighted by molar-refractivity contribution is -0.140. The molecule has 1 aliphatic rings. The number of rotatable bonds is 9. The molecule has 1 saturated heterocycles. The van der Waals surface area contributed by atoms with E-state index in [0.29, 0.717) is 30.9 Å². The fourth-order valence-corrected chi connectivity index (χ4v) is 3.72. The number of aliphatic hydroxyl groups excluding tert-OH is 1. The first-order chi connectivity index (χ1) is 15.3. The zero-order chi connectivity index (χ0) is 23.3. The van der Waals surface area contributed by atoms with E-state index in [0.717, 1.165) is 0 Å². The van der Waals surface area contributed by atoms with E-state index >= 15 is 0 Å². The van der Waals surface area contributed by atoms with Gasteiger partial charge in [0.05, 0.1) is 24.3 Å². The Bertz CT molecular complexity index is 1000. The highest BCUT2D eigenvalue weighted by molar-refractivity contribution is 6.46. The molecule has 170 valence electrons. The number of ketones is 1. The summed E-state index contributed by atoms with van der Waals surface area (Å²) in [6.45, 7) is 6.74. The van der Waals surface area contributed by atoms with E-state index in [9.17, 15) is 19.1 Å². The first kappa shape index (κ1) is 23.5. The van der Waals surface area contributed by atoms with Gasteiger partial charge in [-0.3, -0.25) is 9.59 Å². The lowest BCUT2D eigenvalue weighted by Gasteiger charge is -2.25. The van der Waals surface area contributed by atoms with Crippen LogP contribution in [0.15, 0.2) is 54.1 Å². The maximum Gasteiger partial charge on any atom is 0.295 e. The van der Waals surface area contributed by atoms with E-state index in [1.54, 1.807) is 30.3 Å². The SMILES string of the molecule is CCOc1ccc(/C(O)=C2/C(=O)C(=O)N(CCCOC(C)C)C2c2ccccc2F)cc1. The van der Waals surface area contributed by atoms with Crippen LogP contribution in [0.1, 0.15) is 44.4 Å². The molecule has 1 unspecified atom stereocenters. The first-order valence-corrected chi connectivity index (χ1v) is 10.7. The van der Waals surface area contributed by atoms with Crippen LogP contribution in [0.2, 0.25) is 0 Å². The topological polar surface area (TPSA) is 76.1 Å². The van der Waals surface area contributed by atoms with Crippen molar-refractivity contribution < 1.29 is 28.6 Å². The quantitative estimate of drug-likeness (QED) is 0.269. The van der Waals surface area contributed by atoms with Gasteiger partial charge in [0.15, 0.2) is 0 Å². The molecule has 0 aliphatic carbocycles. The molecular weight excluding hydrogens is 413 g/mol. The van der Waals surface area contributed by atoms with Crippen molar-refractivity contribution in [3.05, 3.63) is 71.0 Å². The molecule has 1 N–H and O–H groups in total. The molecule has 1 amide bonds. The third-order valence-electron chi connectivity index (χ3n) is 5.17. The highest BCUT2D eigenvalue weighted by Gasteiger charge is 2.46. The molecule has 32 heavy (non-hydrogen) atoms. The Labute approximate surface area is 187 Å². The summed E-state index contributed by atoms with van der Waals surface area (Å²) < 4.78 is 25.7. The van der Waals surface area contributed by atoms with Gasteiger partial charge in [0.1, 0.15) is 17.3 Å². The molecule has 7 heteroatoms. The van der Waals surface area contributed by atoms with Crippen LogP contribution in [0.25, 0.3) is 5.76 Å². The fraction of sp³-hybridized carbons (Fsp3) is 0.360. The molecule has 6 nitrogen and oxygen atoms in total. The van der Waals surface area contributed by atoms with E-state index in [-0.39, 0.29) is 29.5 Å². The zero-order valence-electron chi connectivity index (χ0n) is 18.5. The average Bonchev–Trinajstić information content (AvgIpc) is 3.02. The number of amides is 1. The van der Waals surface area contributed by atoms with E-state index in [1.807, 2.05) is 20.8 Å². The van der Waals surface area contributed by atoms with Crippen LogP contribution in [-0.4, -0.2) is 47.6 Å². The van der Waals surface area contributed by atoms with Crippen LogP contribution >= 0.6 is 0 Å². The minimum atomic E-state index is -1.03. The third kappa shape index (κ3) is 4.99. The number of aliphatic hydroxyl groups is 1. The van der Waals surface area contributed by atoms with E-state index in [4.69, 9.17) is 9.47 Å². The molecule has 1 heterocycles. The standard InChI is InChI=1S/C25H28FNO5/c1-4-31-18-12-10-17(11-13-18)23(28)21-22(19-8-5-6-9-20(19)26)27(25(30)24(21)29)14-7-15-32-16(2)3/h5-6,8-13,16,22,28H,4,7,14-15H2,1-3H3/b23-21-. The molecule has 0 bridgehead atoms. The second-order valence-electron chi connectivity index (χ2n) is 7.74. The fourth-order valence-electron chi connectivity index (χ4n) is 3.72. The summed E-state index contributed by atoms with van der Waals surface area (Å²) in [5.74, 6) is -1.90. The number of nitrogens with zero attached hydrogens (tertiary/aromatic N) is 1. The molecule has 0 aromatic heterocycles. The Kier molecular flexibility index (Phi) is 7.64. The third-order valence-corrected chi connectivity index (χ3v) is 5.17. The normalized spacial score (nSPS) is 17.9. The van der Waals surface area contributed by atoms with Crippen molar-refractivity contribution in [1.82, 2.24) is 4.90 Å². The van der Waals surface area contributed by atoms with Gasteiger partial charge >= 0.3 is 0 Å². The molecule has 0 spiro atoms. The van der Waals surface area contributed by atoms with Gasteiger partial charge in [-0.05, 0) is 57.5 Å². The van der Waals surface area contributed by atoms with Crippen molar-refractivity contribution in [1.29, 1.82) is 0 Å². The van der Waals surface area contributed by atoms with Gasteiger partial charge in [-0.25, -0.2) is 4.39 Å². The number of ether oxygens (including phenoxy) is 2. The maximum atomic E-state index is 14.7. The smallest absolute Gasteiger partial charge is 0.295 e. The zero-order valence-corrected chi connectivity index (χ0v) is 18.5. The van der Waals surface area contributed by atoms with Crippen LogP contribution in [0, 0.1) is 5.82 Å². The monoisotopic (exact) mass is 441 g/mol. The second kappa shape index (κ2) is 10.4. The van der Waals surface area contributed by atoms with Crippen molar-refractivity contribution in [2.24, 2.45) is 0 Å². The lowest BCUT2D eigenvalue weighted by atomic mass is 9.95. The highest BCUT2D eigenvalue weighted by atomic mass is 19.1. The van der Waals surface area contributed by atoms with Crippen molar-refractivity contribution in [2.45, 2.75) is 39.3 Å². The van der Waals surface area contributed by atoms with Gasteiger partial charge in [-0.15, -0.1) is 0 Å². The predicted octanol–water partition coefficient (Wildman–Crippen LogP) is 4.46.